The Morgan fingerprint density at radius 2 is 1.25 bits per heavy atom. The third-order valence-corrected chi connectivity index (χ3v) is 5.10. The van der Waals surface area contributed by atoms with Crippen molar-refractivity contribution >= 4 is 28.4 Å². The van der Waals surface area contributed by atoms with Crippen LogP contribution in [0.2, 0.25) is 0 Å². The van der Waals surface area contributed by atoms with Crippen molar-refractivity contribution in [3.8, 4) is 0 Å². The third-order valence-electron chi connectivity index (χ3n) is 5.10. The molecule has 1 aliphatic heterocycles. The van der Waals surface area contributed by atoms with E-state index in [1.807, 2.05) is 48.5 Å². The Hall–Kier alpha value is -3.47. The molecule has 0 N–H and O–H groups in total. The molecule has 0 saturated carbocycles. The summed E-state index contributed by atoms with van der Waals surface area (Å²) in [5.41, 5.74) is 1.06. The molecule has 4 rings (SSSR count). The van der Waals surface area contributed by atoms with Crippen LogP contribution in [0.1, 0.15) is 20.7 Å². The molecule has 0 radical (unpaired) electrons. The number of carbonyl (C=O) groups excluding carboxylic acids is 3. The van der Waals surface area contributed by atoms with Gasteiger partial charge < -0.3 is 9.80 Å². The van der Waals surface area contributed by atoms with Crippen molar-refractivity contribution in [2.24, 2.45) is 0 Å². The molecule has 28 heavy (non-hydrogen) atoms. The molecule has 0 bridgehead atoms. The summed E-state index contributed by atoms with van der Waals surface area (Å²) in [5.74, 6) is -1.06. The summed E-state index contributed by atoms with van der Waals surface area (Å²) in [6, 6.07) is 22.0. The van der Waals surface area contributed by atoms with E-state index in [-0.39, 0.29) is 5.91 Å². The van der Waals surface area contributed by atoms with Gasteiger partial charge in [-0.3, -0.25) is 14.4 Å². The zero-order chi connectivity index (χ0) is 19.5. The molecule has 0 aliphatic carbocycles. The second-order valence-corrected chi connectivity index (χ2v) is 6.81. The van der Waals surface area contributed by atoms with Gasteiger partial charge in [-0.25, -0.2) is 0 Å². The summed E-state index contributed by atoms with van der Waals surface area (Å²) in [6.07, 6.45) is 0. The number of rotatable bonds is 3. The first-order chi connectivity index (χ1) is 13.6. The lowest BCUT2D eigenvalue weighted by molar-refractivity contribution is -0.127. The van der Waals surface area contributed by atoms with E-state index in [1.165, 1.54) is 0 Å². The van der Waals surface area contributed by atoms with Crippen LogP contribution in [0.3, 0.4) is 0 Å². The maximum Gasteiger partial charge on any atom is 0.295 e. The zero-order valence-corrected chi connectivity index (χ0v) is 15.4. The predicted octanol–water partition coefficient (Wildman–Crippen LogP) is 3.01. The van der Waals surface area contributed by atoms with Crippen LogP contribution >= 0.6 is 0 Å². The van der Waals surface area contributed by atoms with Gasteiger partial charge in [-0.1, -0.05) is 60.7 Å². The molecule has 1 fully saturated rings. The summed E-state index contributed by atoms with van der Waals surface area (Å²) in [4.78, 5) is 41.4. The molecule has 1 heterocycles. The molecule has 5 nitrogen and oxygen atoms in total. The summed E-state index contributed by atoms with van der Waals surface area (Å²) in [7, 11) is 0. The monoisotopic (exact) mass is 372 g/mol. The van der Waals surface area contributed by atoms with Gasteiger partial charge in [0.2, 0.25) is 0 Å². The van der Waals surface area contributed by atoms with Crippen molar-refractivity contribution in [1.29, 1.82) is 0 Å². The second-order valence-electron chi connectivity index (χ2n) is 6.81. The minimum Gasteiger partial charge on any atom is -0.335 e. The van der Waals surface area contributed by atoms with Crippen LogP contribution in [0.4, 0.5) is 0 Å². The molecule has 140 valence electrons. The van der Waals surface area contributed by atoms with Crippen molar-refractivity contribution in [2.45, 2.75) is 0 Å². The first-order valence-electron chi connectivity index (χ1n) is 9.31. The van der Waals surface area contributed by atoms with Crippen molar-refractivity contribution < 1.29 is 14.4 Å². The number of benzene rings is 3. The summed E-state index contributed by atoms with van der Waals surface area (Å²) in [5, 5.41) is 1.71. The van der Waals surface area contributed by atoms with Gasteiger partial charge in [0, 0.05) is 37.3 Å². The highest BCUT2D eigenvalue weighted by Crippen LogP contribution is 2.20. The van der Waals surface area contributed by atoms with Crippen LogP contribution < -0.4 is 0 Å². The van der Waals surface area contributed by atoms with E-state index in [0.717, 1.165) is 10.8 Å². The molecule has 0 unspecified atom stereocenters. The average molecular weight is 372 g/mol. The average Bonchev–Trinajstić information content (AvgIpc) is 2.78. The summed E-state index contributed by atoms with van der Waals surface area (Å²) >= 11 is 0. The molecular formula is C23H20N2O3. The Labute approximate surface area is 163 Å². The van der Waals surface area contributed by atoms with E-state index >= 15 is 0 Å². The maximum absolute atomic E-state index is 12.8. The first-order valence-corrected chi connectivity index (χ1v) is 9.31. The van der Waals surface area contributed by atoms with E-state index < -0.39 is 11.7 Å². The van der Waals surface area contributed by atoms with Crippen molar-refractivity contribution in [2.75, 3.05) is 26.2 Å². The van der Waals surface area contributed by atoms with Gasteiger partial charge in [0.05, 0.1) is 0 Å². The van der Waals surface area contributed by atoms with E-state index in [0.29, 0.717) is 37.3 Å². The van der Waals surface area contributed by atoms with E-state index in [1.54, 1.807) is 34.1 Å². The van der Waals surface area contributed by atoms with Gasteiger partial charge in [0.15, 0.2) is 0 Å². The number of ketones is 1. The molecule has 3 aromatic carbocycles. The molecule has 1 aliphatic rings. The van der Waals surface area contributed by atoms with Crippen LogP contribution in [0.15, 0.2) is 72.8 Å². The van der Waals surface area contributed by atoms with Gasteiger partial charge >= 0.3 is 0 Å². The standard InChI is InChI=1S/C23H20N2O3/c26-21(20-12-6-10-17-7-4-5-11-19(17)20)23(28)25-15-13-24(14-16-25)22(27)18-8-2-1-3-9-18/h1-12H,13-16H2. The number of fused-ring (bicyclic) bond motifs is 1. The zero-order valence-electron chi connectivity index (χ0n) is 15.4. The lowest BCUT2D eigenvalue weighted by Gasteiger charge is -2.34. The largest absolute Gasteiger partial charge is 0.335 e. The third kappa shape index (κ3) is 3.39. The minimum atomic E-state index is -0.511. The molecule has 0 aromatic heterocycles. The number of nitrogens with zero attached hydrogens (tertiary/aromatic N) is 2. The molecule has 0 spiro atoms. The minimum absolute atomic E-state index is 0.0481. The van der Waals surface area contributed by atoms with Gasteiger partial charge in [-0.2, -0.15) is 0 Å². The Kier molecular flexibility index (Phi) is 4.89. The van der Waals surface area contributed by atoms with Crippen LogP contribution in [0.5, 0.6) is 0 Å². The van der Waals surface area contributed by atoms with Gasteiger partial charge in [0.1, 0.15) is 0 Å². The number of hydrogen-bond acceptors (Lipinski definition) is 3. The Morgan fingerprint density at radius 1 is 0.643 bits per heavy atom. The number of amides is 2. The SMILES string of the molecule is O=C(C(=O)N1CCN(C(=O)c2ccccc2)CC1)c1cccc2ccccc12. The van der Waals surface area contributed by atoms with Crippen LogP contribution in [0.25, 0.3) is 10.8 Å². The molecule has 1 saturated heterocycles. The quantitative estimate of drug-likeness (QED) is 0.525. The smallest absolute Gasteiger partial charge is 0.295 e. The van der Waals surface area contributed by atoms with E-state index in [2.05, 4.69) is 0 Å². The van der Waals surface area contributed by atoms with Crippen molar-refractivity contribution in [3.05, 3.63) is 83.9 Å². The summed E-state index contributed by atoms with van der Waals surface area (Å²) < 4.78 is 0. The predicted molar refractivity (Wildman–Crippen MR) is 107 cm³/mol. The van der Waals surface area contributed by atoms with Crippen molar-refractivity contribution in [1.82, 2.24) is 9.80 Å². The normalized spacial score (nSPS) is 14.1. The number of carbonyl (C=O) groups is 3. The second kappa shape index (κ2) is 7.64. The van der Waals surface area contributed by atoms with Gasteiger partial charge in [-0.05, 0) is 22.9 Å². The lowest BCUT2D eigenvalue weighted by Crippen LogP contribution is -2.52. The molecule has 0 atom stereocenters. The Balaban J connectivity index is 1.45. The maximum atomic E-state index is 12.8. The highest BCUT2D eigenvalue weighted by atomic mass is 16.2. The van der Waals surface area contributed by atoms with Crippen molar-refractivity contribution in [3.63, 3.8) is 0 Å². The highest BCUT2D eigenvalue weighted by molar-refractivity contribution is 6.44. The molecule has 2 amide bonds. The number of hydrogen-bond donors (Lipinski definition) is 0. The summed E-state index contributed by atoms with van der Waals surface area (Å²) in [6.45, 7) is 1.55. The van der Waals surface area contributed by atoms with Crippen LogP contribution in [-0.4, -0.2) is 53.6 Å². The van der Waals surface area contributed by atoms with Gasteiger partial charge in [-0.15, -0.1) is 0 Å². The number of piperazine rings is 1. The fraction of sp³-hybridized carbons (Fsp3) is 0.174. The van der Waals surface area contributed by atoms with Crippen LogP contribution in [-0.2, 0) is 4.79 Å². The lowest BCUT2D eigenvalue weighted by atomic mass is 10.0. The van der Waals surface area contributed by atoms with Crippen LogP contribution in [0, 0.1) is 0 Å². The fourth-order valence-corrected chi connectivity index (χ4v) is 3.56. The molecule has 3 aromatic rings. The first kappa shape index (κ1) is 17.9. The van der Waals surface area contributed by atoms with E-state index in [9.17, 15) is 14.4 Å². The fourth-order valence-electron chi connectivity index (χ4n) is 3.56. The molecule has 5 heteroatoms. The molecular weight excluding hydrogens is 352 g/mol. The highest BCUT2D eigenvalue weighted by Gasteiger charge is 2.29. The Bertz CT molecular complexity index is 1030. The number of Topliss-reactive ketones (excluding diaryl/α,β-unsaturated/α-hetero) is 1. The Morgan fingerprint density at radius 3 is 2.00 bits per heavy atom. The van der Waals surface area contributed by atoms with Gasteiger partial charge in [0.25, 0.3) is 17.6 Å². The topological polar surface area (TPSA) is 57.7 Å². The van der Waals surface area contributed by atoms with E-state index in [4.69, 9.17) is 0 Å².